The average molecular weight is 367 g/mol. The van der Waals surface area contributed by atoms with Gasteiger partial charge in [-0.3, -0.25) is 4.79 Å². The number of amides is 1. The molecule has 0 aromatic heterocycles. The molecule has 0 aliphatic carbocycles. The average Bonchev–Trinajstić information content (AvgIpc) is 2.49. The highest BCUT2D eigenvalue weighted by Gasteiger charge is 2.25. The zero-order chi connectivity index (χ0) is 16.8. The number of halogens is 1. The predicted molar refractivity (Wildman–Crippen MR) is 90.0 cm³/mol. The molecule has 0 bridgehead atoms. The number of carbonyl (C=O) groups excluding carboxylic acids is 1. The molecule has 1 aromatic rings. The number of aliphatic hydroxyl groups is 2. The molecule has 1 rings (SSSR count). The van der Waals surface area contributed by atoms with E-state index in [0.717, 1.165) is 6.26 Å². The molecule has 5 N–H and O–H groups in total. The highest BCUT2D eigenvalue weighted by molar-refractivity contribution is 7.90. The van der Waals surface area contributed by atoms with Gasteiger partial charge in [0, 0.05) is 6.26 Å². The molecule has 132 valence electrons. The van der Waals surface area contributed by atoms with E-state index in [1.54, 1.807) is 30.3 Å². The minimum atomic E-state index is -3.20. The lowest BCUT2D eigenvalue weighted by molar-refractivity contribution is -0.124. The molecule has 7 nitrogen and oxygen atoms in total. The molecular weight excluding hydrogens is 344 g/mol. The van der Waals surface area contributed by atoms with Gasteiger partial charge in [-0.25, -0.2) is 8.42 Å². The Labute approximate surface area is 142 Å². The van der Waals surface area contributed by atoms with Crippen LogP contribution in [-0.2, 0) is 14.6 Å². The van der Waals surface area contributed by atoms with Crippen LogP contribution in [0.3, 0.4) is 0 Å². The quantitative estimate of drug-likeness (QED) is 0.485. The van der Waals surface area contributed by atoms with E-state index in [1.165, 1.54) is 0 Å². The maximum absolute atomic E-state index is 11.9. The molecular formula is C14H23ClN2O5S. The summed E-state index contributed by atoms with van der Waals surface area (Å²) in [5, 5.41) is 21.9. The summed E-state index contributed by atoms with van der Waals surface area (Å²) < 4.78 is 22.1. The zero-order valence-electron chi connectivity index (χ0n) is 12.8. The van der Waals surface area contributed by atoms with Crippen LogP contribution in [0.5, 0.6) is 0 Å². The van der Waals surface area contributed by atoms with Crippen molar-refractivity contribution in [2.45, 2.75) is 24.6 Å². The Hall–Kier alpha value is -1.19. The van der Waals surface area contributed by atoms with Gasteiger partial charge in [0.15, 0.2) is 0 Å². The Morgan fingerprint density at radius 1 is 1.30 bits per heavy atom. The Morgan fingerprint density at radius 3 is 2.35 bits per heavy atom. The fourth-order valence-corrected chi connectivity index (χ4v) is 2.55. The minimum Gasteiger partial charge on any atom is -0.394 e. The van der Waals surface area contributed by atoms with Crippen LogP contribution in [-0.4, -0.2) is 55.2 Å². The van der Waals surface area contributed by atoms with Gasteiger partial charge in [-0.05, 0) is 12.0 Å². The second-order valence-corrected chi connectivity index (χ2v) is 7.44. The molecule has 9 heteroatoms. The monoisotopic (exact) mass is 366 g/mol. The molecule has 0 aliphatic rings. The van der Waals surface area contributed by atoms with E-state index >= 15 is 0 Å². The zero-order valence-corrected chi connectivity index (χ0v) is 14.4. The summed E-state index contributed by atoms with van der Waals surface area (Å²) in [7, 11) is -3.20. The van der Waals surface area contributed by atoms with Crippen LogP contribution < -0.4 is 11.1 Å². The predicted octanol–water partition coefficient (Wildman–Crippen LogP) is -0.619. The number of aliphatic hydroxyl groups excluding tert-OH is 2. The van der Waals surface area contributed by atoms with Gasteiger partial charge >= 0.3 is 0 Å². The van der Waals surface area contributed by atoms with Crippen LogP contribution >= 0.6 is 12.4 Å². The molecule has 0 saturated carbocycles. The number of carbonyl (C=O) groups is 1. The van der Waals surface area contributed by atoms with E-state index < -0.39 is 40.5 Å². The molecule has 0 saturated heterocycles. The van der Waals surface area contributed by atoms with Crippen molar-refractivity contribution in [2.75, 3.05) is 18.6 Å². The van der Waals surface area contributed by atoms with Crippen molar-refractivity contribution < 1.29 is 23.4 Å². The summed E-state index contributed by atoms with van der Waals surface area (Å²) in [5.41, 5.74) is 6.17. The first-order valence-electron chi connectivity index (χ1n) is 6.82. The van der Waals surface area contributed by atoms with Gasteiger partial charge in [0.25, 0.3) is 0 Å². The molecule has 0 aliphatic heterocycles. The summed E-state index contributed by atoms with van der Waals surface area (Å²) in [5.74, 6) is -0.815. The molecule has 0 unspecified atom stereocenters. The standard InChI is InChI=1S/C14H22N2O5S.ClH/c1-22(20,21)8-7-11(15)14(19)16-12(9-17)13(18)10-5-3-2-4-6-10;/h2-6,11-13,17-18H,7-9,15H2,1H3,(H,16,19);1H/t11-,12+,13+;/m0./s1. The third-order valence-corrected chi connectivity index (χ3v) is 4.16. The Morgan fingerprint density at radius 2 is 1.87 bits per heavy atom. The topological polar surface area (TPSA) is 130 Å². The van der Waals surface area contributed by atoms with Gasteiger partial charge in [-0.2, -0.15) is 0 Å². The number of nitrogens with one attached hydrogen (secondary N) is 1. The highest BCUT2D eigenvalue weighted by atomic mass is 35.5. The van der Waals surface area contributed by atoms with Gasteiger partial charge < -0.3 is 21.3 Å². The van der Waals surface area contributed by atoms with Crippen LogP contribution in [0.4, 0.5) is 0 Å². The maximum atomic E-state index is 11.9. The molecule has 0 spiro atoms. The van der Waals surface area contributed by atoms with Gasteiger partial charge in [0.05, 0.1) is 24.4 Å². The van der Waals surface area contributed by atoms with Gasteiger partial charge in [0.1, 0.15) is 15.9 Å². The third kappa shape index (κ3) is 7.76. The minimum absolute atomic E-state index is 0. The Kier molecular flexibility index (Phi) is 9.33. The fraction of sp³-hybridized carbons (Fsp3) is 0.500. The van der Waals surface area contributed by atoms with Crippen molar-refractivity contribution in [2.24, 2.45) is 5.73 Å². The van der Waals surface area contributed by atoms with Crippen LogP contribution in [0.25, 0.3) is 0 Å². The maximum Gasteiger partial charge on any atom is 0.237 e. The SMILES string of the molecule is CS(=O)(=O)CC[C@H](N)C(=O)N[C@H](CO)[C@H](O)c1ccccc1.Cl. The molecule has 0 heterocycles. The van der Waals surface area contributed by atoms with Crippen molar-refractivity contribution in [3.63, 3.8) is 0 Å². The Bertz CT molecular complexity index is 582. The first-order valence-corrected chi connectivity index (χ1v) is 8.88. The van der Waals surface area contributed by atoms with Crippen molar-refractivity contribution in [3.8, 4) is 0 Å². The van der Waals surface area contributed by atoms with E-state index in [1.807, 2.05) is 0 Å². The van der Waals surface area contributed by atoms with Gasteiger partial charge in [0.2, 0.25) is 5.91 Å². The van der Waals surface area contributed by atoms with Crippen LogP contribution in [0.2, 0.25) is 0 Å². The third-order valence-electron chi connectivity index (χ3n) is 3.18. The van der Waals surface area contributed by atoms with Gasteiger partial charge in [-0.15, -0.1) is 12.4 Å². The summed E-state index contributed by atoms with van der Waals surface area (Å²) in [6.45, 7) is -0.472. The van der Waals surface area contributed by atoms with E-state index in [0.29, 0.717) is 5.56 Å². The smallest absolute Gasteiger partial charge is 0.237 e. The number of benzene rings is 1. The molecule has 3 atom stereocenters. The first-order chi connectivity index (χ1) is 10.2. The van der Waals surface area contributed by atoms with Crippen molar-refractivity contribution in [1.29, 1.82) is 0 Å². The number of sulfone groups is 1. The summed E-state index contributed by atoms with van der Waals surface area (Å²) in [6, 6.07) is 6.64. The van der Waals surface area contributed by atoms with Crippen molar-refractivity contribution in [1.82, 2.24) is 5.32 Å². The summed E-state index contributed by atoms with van der Waals surface area (Å²) in [4.78, 5) is 11.9. The van der Waals surface area contributed by atoms with Crippen LogP contribution in [0.1, 0.15) is 18.1 Å². The molecule has 23 heavy (non-hydrogen) atoms. The summed E-state index contributed by atoms with van der Waals surface area (Å²) >= 11 is 0. The number of hydrogen-bond donors (Lipinski definition) is 4. The highest BCUT2D eigenvalue weighted by Crippen LogP contribution is 2.16. The summed E-state index contributed by atoms with van der Waals surface area (Å²) in [6.07, 6.45) is -0.0466. The Balaban J connectivity index is 0.00000484. The molecule has 1 amide bonds. The lowest BCUT2D eigenvalue weighted by atomic mass is 10.0. The molecule has 0 radical (unpaired) electrons. The van der Waals surface area contributed by atoms with Crippen LogP contribution in [0.15, 0.2) is 30.3 Å². The van der Waals surface area contributed by atoms with E-state index in [9.17, 15) is 23.4 Å². The number of nitrogens with two attached hydrogens (primary N) is 1. The normalized spacial score (nSPS) is 15.1. The lowest BCUT2D eigenvalue weighted by Crippen LogP contribution is -2.49. The van der Waals surface area contributed by atoms with E-state index in [2.05, 4.69) is 5.32 Å². The van der Waals surface area contributed by atoms with E-state index in [-0.39, 0.29) is 24.6 Å². The van der Waals surface area contributed by atoms with E-state index in [4.69, 9.17) is 5.73 Å². The largest absolute Gasteiger partial charge is 0.394 e. The number of rotatable bonds is 8. The van der Waals surface area contributed by atoms with Crippen molar-refractivity contribution >= 4 is 28.2 Å². The lowest BCUT2D eigenvalue weighted by Gasteiger charge is -2.24. The number of hydrogen-bond acceptors (Lipinski definition) is 6. The second-order valence-electron chi connectivity index (χ2n) is 5.18. The first kappa shape index (κ1) is 21.8. The fourth-order valence-electron chi connectivity index (χ4n) is 1.87. The second kappa shape index (κ2) is 9.84. The molecule has 0 fully saturated rings. The van der Waals surface area contributed by atoms with Crippen molar-refractivity contribution in [3.05, 3.63) is 35.9 Å². The van der Waals surface area contributed by atoms with Crippen LogP contribution in [0, 0.1) is 0 Å². The molecule has 1 aromatic carbocycles. The van der Waals surface area contributed by atoms with Gasteiger partial charge in [-0.1, -0.05) is 30.3 Å².